The van der Waals surface area contributed by atoms with Gasteiger partial charge in [-0.3, -0.25) is 0 Å². The van der Waals surface area contributed by atoms with Crippen LogP contribution in [-0.2, 0) is 12.8 Å². The quantitative estimate of drug-likeness (QED) is 0.671. The molecule has 0 saturated carbocycles. The summed E-state index contributed by atoms with van der Waals surface area (Å²) >= 11 is 0. The van der Waals surface area contributed by atoms with Crippen molar-refractivity contribution in [3.05, 3.63) is 47.4 Å². The molecule has 1 N–H and O–H groups in total. The van der Waals surface area contributed by atoms with Gasteiger partial charge in [0.15, 0.2) is 5.65 Å². The predicted octanol–water partition coefficient (Wildman–Crippen LogP) is 4.41. The highest BCUT2D eigenvalue weighted by Gasteiger charge is 2.24. The van der Waals surface area contributed by atoms with Crippen molar-refractivity contribution >= 4 is 11.5 Å². The number of nitrogens with zero attached hydrogens (tertiary/aromatic N) is 4. The molecule has 2 heterocycles. The van der Waals surface area contributed by atoms with Gasteiger partial charge in [0, 0.05) is 36.0 Å². The zero-order chi connectivity index (χ0) is 20.6. The first-order valence-corrected chi connectivity index (χ1v) is 10.4. The third kappa shape index (κ3) is 4.27. The summed E-state index contributed by atoms with van der Waals surface area (Å²) in [5, 5.41) is 8.51. The first-order valence-electron chi connectivity index (χ1n) is 10.4. The maximum Gasteiger partial charge on any atom is 0.158 e. The van der Waals surface area contributed by atoms with Crippen LogP contribution in [0, 0.1) is 11.2 Å². The van der Waals surface area contributed by atoms with Crippen LogP contribution in [0.4, 0.5) is 10.2 Å². The number of hydrogen-bond donors (Lipinski definition) is 1. The van der Waals surface area contributed by atoms with Crippen molar-refractivity contribution in [2.45, 2.75) is 39.5 Å². The van der Waals surface area contributed by atoms with E-state index >= 15 is 0 Å². The Kier molecular flexibility index (Phi) is 5.30. The number of hydrogen-bond acceptors (Lipinski definition) is 4. The molecule has 0 unspecified atom stereocenters. The van der Waals surface area contributed by atoms with Crippen molar-refractivity contribution in [1.29, 1.82) is 0 Å². The molecular formula is C23H30FN5. The van der Waals surface area contributed by atoms with Crippen molar-refractivity contribution in [2.24, 2.45) is 5.41 Å². The second kappa shape index (κ2) is 7.75. The van der Waals surface area contributed by atoms with Crippen molar-refractivity contribution in [3.63, 3.8) is 0 Å². The van der Waals surface area contributed by atoms with Crippen LogP contribution in [-0.4, -0.2) is 46.7 Å². The Balaban J connectivity index is 1.76. The van der Waals surface area contributed by atoms with Crippen LogP contribution in [0.15, 0.2) is 30.3 Å². The molecule has 2 aromatic heterocycles. The van der Waals surface area contributed by atoms with Crippen molar-refractivity contribution in [3.8, 4) is 11.3 Å². The van der Waals surface area contributed by atoms with Crippen molar-refractivity contribution in [2.75, 3.05) is 32.5 Å². The van der Waals surface area contributed by atoms with Crippen molar-refractivity contribution < 1.29 is 4.39 Å². The molecule has 154 valence electrons. The van der Waals surface area contributed by atoms with Gasteiger partial charge in [-0.15, -0.1) is 0 Å². The lowest BCUT2D eigenvalue weighted by Crippen LogP contribution is -2.35. The highest BCUT2D eigenvalue weighted by atomic mass is 19.1. The van der Waals surface area contributed by atoms with Gasteiger partial charge < -0.3 is 10.2 Å². The van der Waals surface area contributed by atoms with Gasteiger partial charge in [0.1, 0.15) is 11.6 Å². The number of halogens is 1. The minimum atomic E-state index is -0.254. The van der Waals surface area contributed by atoms with Crippen LogP contribution in [0.2, 0.25) is 0 Å². The SMILES string of the molecule is CN(C)CC(C)(C)CNc1c2c(nc3cc(-c4cccc(F)c4)nn13)CCCC2. The van der Waals surface area contributed by atoms with E-state index in [0.717, 1.165) is 48.7 Å². The summed E-state index contributed by atoms with van der Waals surface area (Å²) < 4.78 is 15.6. The minimum absolute atomic E-state index is 0.110. The van der Waals surface area contributed by atoms with Crippen LogP contribution in [0.3, 0.4) is 0 Å². The fourth-order valence-corrected chi connectivity index (χ4v) is 4.35. The number of fused-ring (bicyclic) bond motifs is 2. The highest BCUT2D eigenvalue weighted by molar-refractivity contribution is 5.67. The number of aromatic nitrogens is 3. The summed E-state index contributed by atoms with van der Waals surface area (Å²) in [7, 11) is 4.21. The summed E-state index contributed by atoms with van der Waals surface area (Å²) in [6.45, 7) is 6.37. The molecule has 4 rings (SSSR count). The van der Waals surface area contributed by atoms with Gasteiger partial charge in [0.05, 0.1) is 5.69 Å². The second-order valence-electron chi connectivity index (χ2n) is 9.16. The van der Waals surface area contributed by atoms with E-state index in [0.29, 0.717) is 0 Å². The number of rotatable bonds is 6. The molecule has 0 radical (unpaired) electrons. The van der Waals surface area contributed by atoms with Gasteiger partial charge in [-0.1, -0.05) is 26.0 Å². The summed E-state index contributed by atoms with van der Waals surface area (Å²) in [6.07, 6.45) is 4.37. The van der Waals surface area contributed by atoms with Crippen LogP contribution in [0.5, 0.6) is 0 Å². The Labute approximate surface area is 171 Å². The molecule has 1 aromatic carbocycles. The smallest absolute Gasteiger partial charge is 0.158 e. The number of anilines is 1. The van der Waals surface area contributed by atoms with Crippen LogP contribution >= 0.6 is 0 Å². The third-order valence-corrected chi connectivity index (χ3v) is 5.48. The fraction of sp³-hybridized carbons (Fsp3) is 0.478. The third-order valence-electron chi connectivity index (χ3n) is 5.48. The van der Waals surface area contributed by atoms with E-state index in [-0.39, 0.29) is 11.2 Å². The molecule has 0 saturated heterocycles. The van der Waals surface area contributed by atoms with Crippen LogP contribution in [0.1, 0.15) is 37.9 Å². The van der Waals surface area contributed by atoms with Gasteiger partial charge >= 0.3 is 0 Å². The minimum Gasteiger partial charge on any atom is -0.369 e. The zero-order valence-electron chi connectivity index (χ0n) is 17.8. The molecule has 0 amide bonds. The average molecular weight is 396 g/mol. The molecule has 0 aliphatic heterocycles. The Morgan fingerprint density at radius 1 is 1.17 bits per heavy atom. The normalized spacial score (nSPS) is 14.4. The van der Waals surface area contributed by atoms with Gasteiger partial charge in [-0.05, 0) is 57.3 Å². The van der Waals surface area contributed by atoms with Crippen LogP contribution < -0.4 is 5.32 Å². The number of nitrogens with one attached hydrogen (secondary N) is 1. The summed E-state index contributed by atoms with van der Waals surface area (Å²) in [6, 6.07) is 8.54. The molecule has 0 fully saturated rings. The van der Waals surface area contributed by atoms with Crippen molar-refractivity contribution in [1.82, 2.24) is 19.5 Å². The monoisotopic (exact) mass is 395 g/mol. The average Bonchev–Trinajstić information content (AvgIpc) is 3.08. The van der Waals surface area contributed by atoms with Crippen LogP contribution in [0.25, 0.3) is 16.9 Å². The molecule has 29 heavy (non-hydrogen) atoms. The van der Waals surface area contributed by atoms with E-state index in [4.69, 9.17) is 10.1 Å². The molecule has 6 heteroatoms. The van der Waals surface area contributed by atoms with E-state index in [1.165, 1.54) is 36.2 Å². The van der Waals surface area contributed by atoms with E-state index in [2.05, 4.69) is 38.2 Å². The molecule has 1 aliphatic carbocycles. The van der Waals surface area contributed by atoms with Gasteiger partial charge in [-0.25, -0.2) is 9.37 Å². The predicted molar refractivity (Wildman–Crippen MR) is 116 cm³/mol. The zero-order valence-corrected chi connectivity index (χ0v) is 17.8. The Morgan fingerprint density at radius 2 is 1.97 bits per heavy atom. The fourth-order valence-electron chi connectivity index (χ4n) is 4.35. The summed E-state index contributed by atoms with van der Waals surface area (Å²) in [5.74, 6) is 0.787. The number of aryl methyl sites for hydroxylation is 1. The largest absolute Gasteiger partial charge is 0.369 e. The van der Waals surface area contributed by atoms with E-state index in [1.54, 1.807) is 6.07 Å². The second-order valence-corrected chi connectivity index (χ2v) is 9.16. The highest BCUT2D eigenvalue weighted by Crippen LogP contribution is 2.31. The number of benzene rings is 1. The Morgan fingerprint density at radius 3 is 2.72 bits per heavy atom. The summed E-state index contributed by atoms with van der Waals surface area (Å²) in [5.41, 5.74) is 4.89. The Hall–Kier alpha value is -2.47. The Bertz CT molecular complexity index is 1020. The van der Waals surface area contributed by atoms with Gasteiger partial charge in [-0.2, -0.15) is 9.61 Å². The first kappa shape index (κ1) is 19.8. The standard InChI is InChI=1S/C23H30FN5/c1-23(2,15-28(3)4)14-25-22-18-10-5-6-11-19(18)26-21-13-20(27-29(21)22)16-8-7-9-17(24)12-16/h7-9,12-13,25H,5-6,10-11,14-15H2,1-4H3. The molecule has 5 nitrogen and oxygen atoms in total. The lowest BCUT2D eigenvalue weighted by Gasteiger charge is -2.30. The molecule has 0 spiro atoms. The molecule has 1 aliphatic rings. The lowest BCUT2D eigenvalue weighted by atomic mass is 9.92. The summed E-state index contributed by atoms with van der Waals surface area (Å²) in [4.78, 5) is 7.11. The van der Waals surface area contributed by atoms with E-state index in [9.17, 15) is 4.39 Å². The van der Waals surface area contributed by atoms with E-state index in [1.807, 2.05) is 16.6 Å². The molecule has 0 atom stereocenters. The van der Waals surface area contributed by atoms with E-state index < -0.39 is 0 Å². The van der Waals surface area contributed by atoms with Gasteiger partial charge in [0.25, 0.3) is 0 Å². The molecule has 3 aromatic rings. The first-order chi connectivity index (χ1) is 13.8. The topological polar surface area (TPSA) is 45.5 Å². The van der Waals surface area contributed by atoms with Gasteiger partial charge in [0.2, 0.25) is 0 Å². The maximum atomic E-state index is 13.7. The maximum absolute atomic E-state index is 13.7. The molecular weight excluding hydrogens is 365 g/mol. The molecule has 0 bridgehead atoms. The lowest BCUT2D eigenvalue weighted by molar-refractivity contribution is 0.254.